The van der Waals surface area contributed by atoms with Crippen LogP contribution in [0.5, 0.6) is 0 Å². The molecule has 2 unspecified atom stereocenters. The lowest BCUT2D eigenvalue weighted by atomic mass is 9.77. The van der Waals surface area contributed by atoms with Gasteiger partial charge < -0.3 is 14.6 Å². The summed E-state index contributed by atoms with van der Waals surface area (Å²) in [6.45, 7) is 7.43. The summed E-state index contributed by atoms with van der Waals surface area (Å²) in [7, 11) is 0. The molecule has 106 valence electrons. The van der Waals surface area contributed by atoms with Gasteiger partial charge in [-0.25, -0.2) is 0 Å². The van der Waals surface area contributed by atoms with Gasteiger partial charge in [-0.2, -0.15) is 0 Å². The minimum Gasteiger partial charge on any atom is -0.390 e. The van der Waals surface area contributed by atoms with Crippen molar-refractivity contribution < 1.29 is 14.6 Å². The van der Waals surface area contributed by atoms with Crippen LogP contribution in [0.15, 0.2) is 0 Å². The number of aliphatic hydroxyl groups excluding tert-OH is 1. The Labute approximate surface area is 111 Å². The summed E-state index contributed by atoms with van der Waals surface area (Å²) in [5.41, 5.74) is -0.372. The van der Waals surface area contributed by atoms with Gasteiger partial charge in [-0.3, -0.25) is 0 Å². The third-order valence-electron chi connectivity index (χ3n) is 4.72. The summed E-state index contributed by atoms with van der Waals surface area (Å²) in [5.74, 6) is 0.318. The molecular weight excluding hydrogens is 228 g/mol. The Bertz CT molecular complexity index is 269. The number of aliphatic hydroxyl groups is 1. The van der Waals surface area contributed by atoms with E-state index in [1.165, 1.54) is 25.7 Å². The highest BCUT2D eigenvalue weighted by Crippen LogP contribution is 2.44. The van der Waals surface area contributed by atoms with E-state index in [1.54, 1.807) is 0 Å². The maximum Gasteiger partial charge on any atom is 0.0886 e. The highest BCUT2D eigenvalue weighted by atomic mass is 16.5. The molecule has 3 nitrogen and oxygen atoms in total. The smallest absolute Gasteiger partial charge is 0.0886 e. The van der Waals surface area contributed by atoms with Crippen molar-refractivity contribution in [3.05, 3.63) is 0 Å². The van der Waals surface area contributed by atoms with Crippen LogP contribution >= 0.6 is 0 Å². The van der Waals surface area contributed by atoms with Crippen LogP contribution in [-0.4, -0.2) is 35.6 Å². The molecule has 0 amide bonds. The van der Waals surface area contributed by atoms with Crippen molar-refractivity contribution in [2.75, 3.05) is 13.2 Å². The third kappa shape index (κ3) is 2.89. The van der Waals surface area contributed by atoms with E-state index in [0.29, 0.717) is 12.5 Å². The fraction of sp³-hybridized carbons (Fsp3) is 1.00. The molecule has 3 heteroatoms. The highest BCUT2D eigenvalue weighted by molar-refractivity contribution is 4.96. The molecule has 0 aromatic carbocycles. The topological polar surface area (TPSA) is 38.7 Å². The second-order valence-corrected chi connectivity index (χ2v) is 6.47. The Morgan fingerprint density at radius 1 is 1.39 bits per heavy atom. The van der Waals surface area contributed by atoms with Gasteiger partial charge >= 0.3 is 0 Å². The average molecular weight is 256 g/mol. The minimum absolute atomic E-state index is 0.0756. The monoisotopic (exact) mass is 256 g/mol. The van der Waals surface area contributed by atoms with E-state index in [-0.39, 0.29) is 11.7 Å². The summed E-state index contributed by atoms with van der Waals surface area (Å²) in [6, 6.07) is 0. The van der Waals surface area contributed by atoms with Crippen LogP contribution < -0.4 is 0 Å². The molecule has 1 heterocycles. The Hall–Kier alpha value is -0.120. The van der Waals surface area contributed by atoms with Crippen molar-refractivity contribution in [2.24, 2.45) is 5.92 Å². The van der Waals surface area contributed by atoms with E-state index in [1.807, 2.05) is 20.8 Å². The predicted octanol–water partition coefficient (Wildman–Crippen LogP) is 2.90. The third-order valence-corrected chi connectivity index (χ3v) is 4.72. The predicted molar refractivity (Wildman–Crippen MR) is 71.6 cm³/mol. The van der Waals surface area contributed by atoms with Crippen LogP contribution in [-0.2, 0) is 9.47 Å². The summed E-state index contributed by atoms with van der Waals surface area (Å²) < 4.78 is 11.7. The van der Waals surface area contributed by atoms with Crippen LogP contribution in [0.3, 0.4) is 0 Å². The lowest BCUT2D eigenvalue weighted by Gasteiger charge is -2.43. The van der Waals surface area contributed by atoms with Gasteiger partial charge in [0.2, 0.25) is 0 Å². The molecule has 1 spiro atoms. The zero-order valence-electron chi connectivity index (χ0n) is 12.1. The van der Waals surface area contributed by atoms with Crippen LogP contribution in [0, 0.1) is 5.92 Å². The first-order chi connectivity index (χ1) is 8.49. The van der Waals surface area contributed by atoms with Gasteiger partial charge in [0.25, 0.3) is 0 Å². The summed E-state index contributed by atoms with van der Waals surface area (Å²) in [5, 5.41) is 10.6. The number of ether oxygens (including phenoxy) is 2. The molecule has 0 aromatic heterocycles. The molecule has 1 aliphatic carbocycles. The van der Waals surface area contributed by atoms with E-state index >= 15 is 0 Å². The van der Waals surface area contributed by atoms with Crippen molar-refractivity contribution >= 4 is 0 Å². The van der Waals surface area contributed by atoms with Gasteiger partial charge in [-0.05, 0) is 52.4 Å². The number of hydrogen-bond acceptors (Lipinski definition) is 3. The van der Waals surface area contributed by atoms with E-state index in [9.17, 15) is 5.11 Å². The molecule has 2 aliphatic rings. The largest absolute Gasteiger partial charge is 0.390 e. The van der Waals surface area contributed by atoms with Crippen LogP contribution in [0.25, 0.3) is 0 Å². The molecule has 18 heavy (non-hydrogen) atoms. The quantitative estimate of drug-likeness (QED) is 0.840. The standard InChI is InChI=1S/C15H28O3/c1-4-17-14(2,3)13(16)12-7-10-18-15(11-12)8-5-6-9-15/h12-13,16H,4-11H2,1-3H3. The summed E-state index contributed by atoms with van der Waals surface area (Å²) in [4.78, 5) is 0. The normalized spacial score (nSPS) is 29.7. The van der Waals surface area contributed by atoms with Crippen molar-refractivity contribution in [3.63, 3.8) is 0 Å². The Morgan fingerprint density at radius 3 is 2.67 bits per heavy atom. The molecule has 1 N–H and O–H groups in total. The molecular formula is C15H28O3. The highest BCUT2D eigenvalue weighted by Gasteiger charge is 2.45. The van der Waals surface area contributed by atoms with E-state index in [2.05, 4.69) is 0 Å². The van der Waals surface area contributed by atoms with E-state index in [0.717, 1.165) is 19.4 Å². The van der Waals surface area contributed by atoms with Crippen molar-refractivity contribution in [1.82, 2.24) is 0 Å². The molecule has 2 fully saturated rings. The van der Waals surface area contributed by atoms with Gasteiger partial charge in [0.1, 0.15) is 0 Å². The maximum atomic E-state index is 10.6. The molecule has 0 aromatic rings. The Balaban J connectivity index is 2.00. The van der Waals surface area contributed by atoms with Gasteiger partial charge in [-0.1, -0.05) is 12.8 Å². The number of hydrogen-bond donors (Lipinski definition) is 1. The van der Waals surface area contributed by atoms with Crippen LogP contribution in [0.1, 0.15) is 59.3 Å². The molecule has 2 atom stereocenters. The molecule has 0 bridgehead atoms. The molecule has 1 saturated carbocycles. The van der Waals surface area contributed by atoms with Crippen LogP contribution in [0.2, 0.25) is 0 Å². The Kier molecular flexibility index (Phi) is 4.35. The van der Waals surface area contributed by atoms with Crippen molar-refractivity contribution in [3.8, 4) is 0 Å². The second kappa shape index (κ2) is 5.48. The SMILES string of the molecule is CCOC(C)(C)C(O)C1CCOC2(CCCC2)C1. The zero-order valence-corrected chi connectivity index (χ0v) is 12.1. The first-order valence-corrected chi connectivity index (χ1v) is 7.45. The van der Waals surface area contributed by atoms with Gasteiger partial charge in [0.05, 0.1) is 17.3 Å². The maximum absolute atomic E-state index is 10.6. The first-order valence-electron chi connectivity index (χ1n) is 7.45. The number of rotatable bonds is 4. The van der Waals surface area contributed by atoms with Crippen molar-refractivity contribution in [2.45, 2.75) is 76.6 Å². The lowest BCUT2D eigenvalue weighted by molar-refractivity contribution is -0.161. The Morgan fingerprint density at radius 2 is 2.06 bits per heavy atom. The van der Waals surface area contributed by atoms with Crippen LogP contribution in [0.4, 0.5) is 0 Å². The van der Waals surface area contributed by atoms with Gasteiger partial charge in [0, 0.05) is 13.2 Å². The zero-order chi connectivity index (χ0) is 13.2. The molecule has 0 radical (unpaired) electrons. The van der Waals surface area contributed by atoms with Gasteiger partial charge in [0.15, 0.2) is 0 Å². The average Bonchev–Trinajstić information content (AvgIpc) is 2.76. The summed E-state index contributed by atoms with van der Waals surface area (Å²) >= 11 is 0. The second-order valence-electron chi connectivity index (χ2n) is 6.47. The minimum atomic E-state index is -0.448. The lowest BCUT2D eigenvalue weighted by Crippen LogP contribution is -2.49. The van der Waals surface area contributed by atoms with E-state index < -0.39 is 5.60 Å². The first kappa shape index (κ1) is 14.3. The fourth-order valence-corrected chi connectivity index (χ4v) is 3.73. The van der Waals surface area contributed by atoms with E-state index in [4.69, 9.17) is 9.47 Å². The van der Waals surface area contributed by atoms with Crippen molar-refractivity contribution in [1.29, 1.82) is 0 Å². The molecule has 1 saturated heterocycles. The fourth-order valence-electron chi connectivity index (χ4n) is 3.73. The molecule has 2 rings (SSSR count). The summed E-state index contributed by atoms with van der Waals surface area (Å²) in [6.07, 6.45) is 6.47. The van der Waals surface area contributed by atoms with Gasteiger partial charge in [-0.15, -0.1) is 0 Å². The molecule has 1 aliphatic heterocycles.